The second-order valence-corrected chi connectivity index (χ2v) is 7.66. The molecule has 0 saturated carbocycles. The van der Waals surface area contributed by atoms with Crippen LogP contribution < -0.4 is 0 Å². The molecular formula is C11H12ClF3O2S2. The monoisotopic (exact) mass is 332 g/mol. The number of alkyl halides is 4. The second kappa shape index (κ2) is 6.37. The molecule has 1 rings (SSSR count). The van der Waals surface area contributed by atoms with E-state index in [1.54, 1.807) is 0 Å². The minimum atomic E-state index is -5.27. The molecule has 0 spiro atoms. The normalized spacial score (nSPS) is 14.4. The van der Waals surface area contributed by atoms with Crippen molar-refractivity contribution in [1.29, 1.82) is 0 Å². The molecule has 1 aromatic carbocycles. The Morgan fingerprint density at radius 3 is 2.21 bits per heavy atom. The summed E-state index contributed by atoms with van der Waals surface area (Å²) in [6, 6.07) is 4.68. The van der Waals surface area contributed by atoms with Gasteiger partial charge in [-0.05, 0) is 30.7 Å². The number of halogens is 4. The number of hydrogen-bond acceptors (Lipinski definition) is 3. The first kappa shape index (κ1) is 16.7. The van der Waals surface area contributed by atoms with Crippen LogP contribution >= 0.6 is 23.4 Å². The second-order valence-electron chi connectivity index (χ2n) is 3.83. The molecule has 0 fully saturated rings. The number of benzene rings is 1. The Morgan fingerprint density at radius 1 is 1.26 bits per heavy atom. The molecule has 1 unspecified atom stereocenters. The first-order chi connectivity index (χ1) is 8.68. The van der Waals surface area contributed by atoms with Crippen molar-refractivity contribution in [3.05, 3.63) is 24.3 Å². The highest BCUT2D eigenvalue weighted by Gasteiger charge is 2.46. The van der Waals surface area contributed by atoms with E-state index in [4.69, 9.17) is 11.6 Å². The molecule has 108 valence electrons. The van der Waals surface area contributed by atoms with E-state index in [0.717, 1.165) is 18.6 Å². The molecule has 0 aliphatic rings. The van der Waals surface area contributed by atoms with Crippen molar-refractivity contribution in [2.45, 2.75) is 33.9 Å². The highest BCUT2D eigenvalue weighted by Crippen LogP contribution is 2.32. The van der Waals surface area contributed by atoms with E-state index in [0.29, 0.717) is 10.8 Å². The Balaban J connectivity index is 2.89. The van der Waals surface area contributed by atoms with Gasteiger partial charge >= 0.3 is 5.51 Å². The Bertz CT molecular complexity index is 512. The molecule has 0 radical (unpaired) electrons. The lowest BCUT2D eigenvalue weighted by Crippen LogP contribution is -2.23. The summed E-state index contributed by atoms with van der Waals surface area (Å²) in [7, 11) is -5.26. The summed E-state index contributed by atoms with van der Waals surface area (Å²) in [6.45, 7) is 1.94. The van der Waals surface area contributed by atoms with Crippen molar-refractivity contribution < 1.29 is 21.6 Å². The maximum Gasteiger partial charge on any atom is 0.501 e. The van der Waals surface area contributed by atoms with Gasteiger partial charge in [0.2, 0.25) is 0 Å². The summed E-state index contributed by atoms with van der Waals surface area (Å²) < 4.78 is 59.2. The predicted molar refractivity (Wildman–Crippen MR) is 70.3 cm³/mol. The van der Waals surface area contributed by atoms with Crippen LogP contribution in [0.15, 0.2) is 34.1 Å². The molecule has 0 aromatic heterocycles. The van der Waals surface area contributed by atoms with Crippen LogP contribution in [0.4, 0.5) is 13.2 Å². The Hall–Kier alpha value is -0.400. The van der Waals surface area contributed by atoms with Crippen molar-refractivity contribution >= 4 is 33.2 Å². The standard InChI is InChI=1S/C11H12ClF3O2S2/c1-8(6-7-12)18-9-2-4-10(5-3-9)19(16,17)11(13,14)15/h2-5,8H,6-7H2,1H3. The summed E-state index contributed by atoms with van der Waals surface area (Å²) in [5, 5.41) is 0.211. The van der Waals surface area contributed by atoms with E-state index in [1.165, 1.54) is 23.9 Å². The van der Waals surface area contributed by atoms with Crippen molar-refractivity contribution in [2.75, 3.05) is 5.88 Å². The molecule has 0 saturated heterocycles. The lowest BCUT2D eigenvalue weighted by Gasteiger charge is -2.11. The van der Waals surface area contributed by atoms with Crippen LogP contribution in [0.2, 0.25) is 0 Å². The molecule has 0 bridgehead atoms. The fourth-order valence-electron chi connectivity index (χ4n) is 1.28. The third-order valence-corrected chi connectivity index (χ3v) is 5.19. The largest absolute Gasteiger partial charge is 0.501 e. The molecule has 1 atom stereocenters. The minimum absolute atomic E-state index is 0.211. The number of thioether (sulfide) groups is 1. The fraction of sp³-hybridized carbons (Fsp3) is 0.455. The topological polar surface area (TPSA) is 34.1 Å². The first-order valence-corrected chi connectivity index (χ1v) is 8.22. The third kappa shape index (κ3) is 4.29. The van der Waals surface area contributed by atoms with Crippen LogP contribution in [-0.2, 0) is 9.84 Å². The van der Waals surface area contributed by atoms with Crippen molar-refractivity contribution in [1.82, 2.24) is 0 Å². The Kier molecular flexibility index (Phi) is 5.58. The third-order valence-electron chi connectivity index (χ3n) is 2.29. The van der Waals surface area contributed by atoms with Gasteiger partial charge in [0.1, 0.15) is 0 Å². The molecule has 0 N–H and O–H groups in total. The van der Waals surface area contributed by atoms with Gasteiger partial charge in [-0.15, -0.1) is 23.4 Å². The van der Waals surface area contributed by atoms with Gasteiger partial charge < -0.3 is 0 Å². The van der Waals surface area contributed by atoms with E-state index in [9.17, 15) is 21.6 Å². The molecule has 0 aliphatic carbocycles. The zero-order valence-electron chi connectivity index (χ0n) is 9.95. The molecular weight excluding hydrogens is 321 g/mol. The number of hydrogen-bond donors (Lipinski definition) is 0. The van der Waals surface area contributed by atoms with Crippen LogP contribution in [0.1, 0.15) is 13.3 Å². The average molecular weight is 333 g/mol. The van der Waals surface area contributed by atoms with E-state index in [1.807, 2.05) is 6.92 Å². The number of rotatable bonds is 5. The van der Waals surface area contributed by atoms with Gasteiger partial charge in [-0.3, -0.25) is 0 Å². The smallest absolute Gasteiger partial charge is 0.214 e. The Morgan fingerprint density at radius 2 is 1.79 bits per heavy atom. The lowest BCUT2D eigenvalue weighted by atomic mass is 10.4. The maximum absolute atomic E-state index is 12.3. The fourth-order valence-corrected chi connectivity index (χ4v) is 3.49. The maximum atomic E-state index is 12.3. The van der Waals surface area contributed by atoms with Crippen molar-refractivity contribution in [3.63, 3.8) is 0 Å². The van der Waals surface area contributed by atoms with E-state index in [2.05, 4.69) is 0 Å². The van der Waals surface area contributed by atoms with E-state index >= 15 is 0 Å². The number of sulfone groups is 1. The SMILES string of the molecule is CC(CCCl)Sc1ccc(S(=O)(=O)C(F)(F)F)cc1. The van der Waals surface area contributed by atoms with Crippen LogP contribution in [0.5, 0.6) is 0 Å². The summed E-state index contributed by atoms with van der Waals surface area (Å²) >= 11 is 7.01. The highest BCUT2D eigenvalue weighted by atomic mass is 35.5. The molecule has 0 heterocycles. The van der Waals surface area contributed by atoms with Crippen molar-refractivity contribution in [3.8, 4) is 0 Å². The zero-order chi connectivity index (χ0) is 14.7. The predicted octanol–water partition coefficient (Wildman–Crippen LogP) is 4.09. The van der Waals surface area contributed by atoms with Crippen LogP contribution in [0.25, 0.3) is 0 Å². The van der Waals surface area contributed by atoms with Crippen LogP contribution in [0, 0.1) is 0 Å². The molecule has 8 heteroatoms. The van der Waals surface area contributed by atoms with Gasteiger partial charge in [0.15, 0.2) is 0 Å². The molecule has 2 nitrogen and oxygen atoms in total. The van der Waals surface area contributed by atoms with Gasteiger partial charge in [-0.2, -0.15) is 13.2 Å². The molecule has 0 amide bonds. The summed E-state index contributed by atoms with van der Waals surface area (Å²) in [5.41, 5.74) is -5.27. The summed E-state index contributed by atoms with van der Waals surface area (Å²) in [6.07, 6.45) is 0.759. The van der Waals surface area contributed by atoms with Crippen molar-refractivity contribution in [2.24, 2.45) is 0 Å². The van der Waals surface area contributed by atoms with E-state index in [-0.39, 0.29) is 5.25 Å². The summed E-state index contributed by atoms with van der Waals surface area (Å²) in [4.78, 5) is -0.0342. The molecule has 19 heavy (non-hydrogen) atoms. The van der Waals surface area contributed by atoms with Gasteiger partial charge in [0.05, 0.1) is 4.90 Å². The Labute approximate surface area is 119 Å². The van der Waals surface area contributed by atoms with Gasteiger partial charge in [0.25, 0.3) is 9.84 Å². The van der Waals surface area contributed by atoms with E-state index < -0.39 is 20.2 Å². The lowest BCUT2D eigenvalue weighted by molar-refractivity contribution is -0.0436. The average Bonchev–Trinajstić information content (AvgIpc) is 2.28. The minimum Gasteiger partial charge on any atom is -0.214 e. The van der Waals surface area contributed by atoms with Gasteiger partial charge in [0, 0.05) is 16.0 Å². The molecule has 0 aliphatic heterocycles. The summed E-state index contributed by atoms with van der Waals surface area (Å²) in [5.74, 6) is 0.495. The molecule has 1 aromatic rings. The zero-order valence-corrected chi connectivity index (χ0v) is 12.3. The first-order valence-electron chi connectivity index (χ1n) is 5.32. The highest BCUT2D eigenvalue weighted by molar-refractivity contribution is 8.00. The van der Waals surface area contributed by atoms with Gasteiger partial charge in [-0.1, -0.05) is 6.92 Å². The van der Waals surface area contributed by atoms with Gasteiger partial charge in [-0.25, -0.2) is 8.42 Å². The van der Waals surface area contributed by atoms with Crippen LogP contribution in [-0.4, -0.2) is 25.1 Å². The quantitative estimate of drug-likeness (QED) is 0.601. The van der Waals surface area contributed by atoms with Crippen LogP contribution in [0.3, 0.4) is 0 Å².